The quantitative estimate of drug-likeness (QED) is 0.263. The summed E-state index contributed by atoms with van der Waals surface area (Å²) in [6, 6.07) is 30.7. The van der Waals surface area contributed by atoms with Crippen molar-refractivity contribution in [2.75, 3.05) is 6.61 Å². The van der Waals surface area contributed by atoms with Gasteiger partial charge in [-0.3, -0.25) is 0 Å². The van der Waals surface area contributed by atoms with E-state index >= 15 is 0 Å². The highest BCUT2D eigenvalue weighted by Crippen LogP contribution is 2.45. The van der Waals surface area contributed by atoms with Crippen LogP contribution in [-0.4, -0.2) is 44.8 Å². The standard InChI is InChI=1S/C32H40O5SSi/c1-32(2,3)39(4,5)37-29-28(33-21-23-15-9-6-10-16-23)27-26(35-31(29)38-25-19-13-8-14-20-25)22-34-30(36-27)24-17-11-7-12-18-24/h6-20,26-31H,21-22H2,1-5H3. The fourth-order valence-corrected chi connectivity index (χ4v) is 7.17. The number of hydrogen-bond donors (Lipinski definition) is 0. The normalized spacial score (nSPS) is 27.6. The Morgan fingerprint density at radius 2 is 1.44 bits per heavy atom. The molecule has 5 nitrogen and oxygen atoms in total. The lowest BCUT2D eigenvalue weighted by atomic mass is 9.98. The molecule has 6 atom stereocenters. The largest absolute Gasteiger partial charge is 0.408 e. The Hall–Kier alpha value is -1.97. The lowest BCUT2D eigenvalue weighted by Gasteiger charge is -2.51. The smallest absolute Gasteiger partial charge is 0.192 e. The van der Waals surface area contributed by atoms with Gasteiger partial charge >= 0.3 is 0 Å². The second kappa shape index (κ2) is 12.3. The molecule has 3 aromatic rings. The molecule has 39 heavy (non-hydrogen) atoms. The molecule has 2 saturated heterocycles. The maximum atomic E-state index is 7.17. The number of rotatable bonds is 8. The van der Waals surface area contributed by atoms with Gasteiger partial charge in [0.15, 0.2) is 14.6 Å². The highest BCUT2D eigenvalue weighted by atomic mass is 32.2. The fourth-order valence-electron chi connectivity index (χ4n) is 4.65. The lowest BCUT2D eigenvalue weighted by Crippen LogP contribution is -2.64. The third kappa shape index (κ3) is 6.85. The van der Waals surface area contributed by atoms with E-state index in [1.165, 1.54) is 0 Å². The van der Waals surface area contributed by atoms with Gasteiger partial charge in [0.2, 0.25) is 0 Å². The zero-order valence-corrected chi connectivity index (χ0v) is 25.3. The summed E-state index contributed by atoms with van der Waals surface area (Å²) in [6.45, 7) is 12.3. The van der Waals surface area contributed by atoms with E-state index in [-0.39, 0.29) is 34.9 Å². The van der Waals surface area contributed by atoms with Gasteiger partial charge in [-0.05, 0) is 35.8 Å². The van der Waals surface area contributed by atoms with Crippen LogP contribution in [0, 0.1) is 0 Å². The Bertz CT molecular complexity index is 1170. The first-order valence-electron chi connectivity index (χ1n) is 13.7. The van der Waals surface area contributed by atoms with Crippen LogP contribution in [-0.2, 0) is 30.0 Å². The Morgan fingerprint density at radius 3 is 2.08 bits per heavy atom. The molecule has 0 saturated carbocycles. The summed E-state index contributed by atoms with van der Waals surface area (Å²) in [5, 5.41) is 0.0267. The third-order valence-corrected chi connectivity index (χ3v) is 13.5. The topological polar surface area (TPSA) is 46.2 Å². The average molecular weight is 565 g/mol. The van der Waals surface area contributed by atoms with Crippen LogP contribution in [0.3, 0.4) is 0 Å². The first-order chi connectivity index (χ1) is 18.7. The minimum absolute atomic E-state index is 0.0267. The van der Waals surface area contributed by atoms with Gasteiger partial charge in [-0.15, -0.1) is 0 Å². The maximum Gasteiger partial charge on any atom is 0.192 e. The van der Waals surface area contributed by atoms with Crippen LogP contribution in [0.5, 0.6) is 0 Å². The molecule has 6 unspecified atom stereocenters. The van der Waals surface area contributed by atoms with Crippen LogP contribution in [0.25, 0.3) is 0 Å². The monoisotopic (exact) mass is 564 g/mol. The van der Waals surface area contributed by atoms with E-state index < -0.39 is 14.6 Å². The Morgan fingerprint density at radius 1 is 0.821 bits per heavy atom. The molecule has 3 aromatic carbocycles. The van der Waals surface area contributed by atoms with Gasteiger partial charge in [0.05, 0.1) is 13.2 Å². The minimum Gasteiger partial charge on any atom is -0.408 e. The van der Waals surface area contributed by atoms with E-state index in [1.54, 1.807) is 11.8 Å². The van der Waals surface area contributed by atoms with E-state index in [2.05, 4.69) is 70.3 Å². The summed E-state index contributed by atoms with van der Waals surface area (Å²) < 4.78 is 33.6. The average Bonchev–Trinajstić information content (AvgIpc) is 2.93. The molecule has 208 valence electrons. The molecule has 2 aliphatic rings. The summed E-state index contributed by atoms with van der Waals surface area (Å²) >= 11 is 1.69. The number of hydrogen-bond acceptors (Lipinski definition) is 6. The minimum atomic E-state index is -2.20. The van der Waals surface area contributed by atoms with E-state index in [4.69, 9.17) is 23.4 Å². The van der Waals surface area contributed by atoms with Crippen molar-refractivity contribution < 1.29 is 23.4 Å². The van der Waals surface area contributed by atoms with E-state index in [0.717, 1.165) is 16.0 Å². The summed E-state index contributed by atoms with van der Waals surface area (Å²) in [7, 11) is -2.20. The van der Waals surface area contributed by atoms with Crippen molar-refractivity contribution >= 4 is 20.1 Å². The van der Waals surface area contributed by atoms with Crippen LogP contribution in [0.1, 0.15) is 38.2 Å². The number of benzene rings is 3. The molecule has 0 radical (unpaired) electrons. The summed E-state index contributed by atoms with van der Waals surface area (Å²) in [5.41, 5.74) is 1.83. The summed E-state index contributed by atoms with van der Waals surface area (Å²) in [6.07, 6.45) is -1.75. The molecule has 2 aliphatic heterocycles. The van der Waals surface area contributed by atoms with Gasteiger partial charge in [-0.1, -0.05) is 111 Å². The van der Waals surface area contributed by atoms with Gasteiger partial charge in [0, 0.05) is 10.5 Å². The summed E-state index contributed by atoms with van der Waals surface area (Å²) in [5.74, 6) is 0. The van der Waals surface area contributed by atoms with Crippen LogP contribution in [0.2, 0.25) is 18.1 Å². The van der Waals surface area contributed by atoms with Crippen molar-refractivity contribution in [2.45, 2.75) is 86.5 Å². The molecule has 0 amide bonds. The summed E-state index contributed by atoms with van der Waals surface area (Å²) in [4.78, 5) is 1.13. The zero-order chi connectivity index (χ0) is 27.5. The SMILES string of the molecule is CC(C)(C)[Si](C)(C)OC1C(Sc2ccccc2)OC2COC(c3ccccc3)OC2C1OCc1ccccc1. The second-order valence-electron chi connectivity index (χ2n) is 11.8. The third-order valence-electron chi connectivity index (χ3n) is 7.87. The zero-order valence-electron chi connectivity index (χ0n) is 23.5. The van der Waals surface area contributed by atoms with Gasteiger partial charge in [0.25, 0.3) is 0 Å². The van der Waals surface area contributed by atoms with Crippen LogP contribution < -0.4 is 0 Å². The molecule has 0 aliphatic carbocycles. The fraction of sp³-hybridized carbons (Fsp3) is 0.438. The van der Waals surface area contributed by atoms with Gasteiger partial charge in [0.1, 0.15) is 29.9 Å². The molecule has 2 heterocycles. The molecule has 7 heteroatoms. The molecule has 5 rings (SSSR count). The van der Waals surface area contributed by atoms with E-state index in [0.29, 0.717) is 13.2 Å². The van der Waals surface area contributed by atoms with Crippen molar-refractivity contribution in [3.05, 3.63) is 102 Å². The highest BCUT2D eigenvalue weighted by molar-refractivity contribution is 7.99. The predicted octanol–water partition coefficient (Wildman–Crippen LogP) is 7.59. The molecular formula is C32H40O5SSi. The second-order valence-corrected chi connectivity index (χ2v) is 17.7. The van der Waals surface area contributed by atoms with E-state index in [9.17, 15) is 0 Å². The van der Waals surface area contributed by atoms with Crippen molar-refractivity contribution in [3.63, 3.8) is 0 Å². The Balaban J connectivity index is 1.49. The van der Waals surface area contributed by atoms with Crippen molar-refractivity contribution in [2.24, 2.45) is 0 Å². The Labute approximate surface area is 238 Å². The van der Waals surface area contributed by atoms with Crippen LogP contribution in [0.4, 0.5) is 0 Å². The first kappa shape index (κ1) is 28.6. The Kier molecular flexibility index (Phi) is 8.98. The lowest BCUT2D eigenvalue weighted by molar-refractivity contribution is -0.323. The van der Waals surface area contributed by atoms with Gasteiger partial charge in [-0.25, -0.2) is 0 Å². The van der Waals surface area contributed by atoms with Gasteiger partial charge in [-0.2, -0.15) is 0 Å². The maximum absolute atomic E-state index is 7.17. The highest BCUT2D eigenvalue weighted by Gasteiger charge is 2.54. The molecular weight excluding hydrogens is 525 g/mol. The number of ether oxygens (including phenoxy) is 4. The van der Waals surface area contributed by atoms with Crippen molar-refractivity contribution in [1.82, 2.24) is 0 Å². The predicted molar refractivity (Wildman–Crippen MR) is 158 cm³/mol. The van der Waals surface area contributed by atoms with Crippen LogP contribution in [0.15, 0.2) is 95.9 Å². The molecule has 0 aromatic heterocycles. The van der Waals surface area contributed by atoms with Crippen molar-refractivity contribution in [3.8, 4) is 0 Å². The van der Waals surface area contributed by atoms with E-state index in [1.807, 2.05) is 54.6 Å². The number of thioether (sulfide) groups is 1. The molecule has 2 fully saturated rings. The molecule has 0 N–H and O–H groups in total. The first-order valence-corrected chi connectivity index (χ1v) is 17.5. The molecule has 0 spiro atoms. The van der Waals surface area contributed by atoms with Crippen LogP contribution >= 0.6 is 11.8 Å². The molecule has 0 bridgehead atoms. The number of fused-ring (bicyclic) bond motifs is 1. The van der Waals surface area contributed by atoms with Gasteiger partial charge < -0.3 is 23.4 Å². The van der Waals surface area contributed by atoms with Crippen molar-refractivity contribution in [1.29, 1.82) is 0 Å².